The van der Waals surface area contributed by atoms with Crippen LogP contribution in [0, 0.1) is 0 Å². The molecule has 0 bridgehead atoms. The lowest BCUT2D eigenvalue weighted by Crippen LogP contribution is -2.35. The van der Waals surface area contributed by atoms with Gasteiger partial charge in [-0.05, 0) is 37.5 Å². The van der Waals surface area contributed by atoms with E-state index in [9.17, 15) is 18.0 Å². The van der Waals surface area contributed by atoms with Gasteiger partial charge in [0.15, 0.2) is 6.61 Å². The number of hydrogen-bond acceptors (Lipinski definition) is 5. The molecule has 2 rings (SSSR count). The monoisotopic (exact) mass is 410 g/mol. The molecule has 8 heteroatoms. The van der Waals surface area contributed by atoms with Crippen LogP contribution in [0.15, 0.2) is 29.2 Å². The van der Waals surface area contributed by atoms with Crippen LogP contribution in [0.5, 0.6) is 0 Å². The van der Waals surface area contributed by atoms with Crippen LogP contribution in [0.3, 0.4) is 0 Å². The first-order valence-electron chi connectivity index (χ1n) is 9.99. The van der Waals surface area contributed by atoms with Gasteiger partial charge in [0.05, 0.1) is 10.5 Å². The van der Waals surface area contributed by atoms with Gasteiger partial charge in [-0.1, -0.05) is 38.7 Å². The van der Waals surface area contributed by atoms with Gasteiger partial charge in [0.2, 0.25) is 10.0 Å². The van der Waals surface area contributed by atoms with Crippen molar-refractivity contribution < 1.29 is 22.7 Å². The number of ether oxygens (including phenoxy) is 1. The van der Waals surface area contributed by atoms with Crippen molar-refractivity contribution >= 4 is 21.9 Å². The number of sulfonamides is 1. The second-order valence-corrected chi connectivity index (χ2v) is 8.92. The number of carbonyl (C=O) groups is 2. The Labute approximate surface area is 167 Å². The lowest BCUT2D eigenvalue weighted by Gasteiger charge is -2.25. The molecule has 1 aliphatic heterocycles. The maximum Gasteiger partial charge on any atom is 0.338 e. The highest BCUT2D eigenvalue weighted by molar-refractivity contribution is 7.89. The van der Waals surface area contributed by atoms with Gasteiger partial charge in [0.25, 0.3) is 5.91 Å². The Morgan fingerprint density at radius 3 is 2.57 bits per heavy atom. The fourth-order valence-corrected chi connectivity index (χ4v) is 4.65. The van der Waals surface area contributed by atoms with E-state index in [1.807, 2.05) is 0 Å². The second kappa shape index (κ2) is 11.2. The summed E-state index contributed by atoms with van der Waals surface area (Å²) in [5.74, 6) is -1.07. The molecule has 0 radical (unpaired) electrons. The van der Waals surface area contributed by atoms with Crippen LogP contribution in [-0.4, -0.2) is 50.8 Å². The molecule has 0 spiro atoms. The predicted molar refractivity (Wildman–Crippen MR) is 106 cm³/mol. The second-order valence-electron chi connectivity index (χ2n) is 6.98. The molecule has 1 aliphatic rings. The number of esters is 1. The molecule has 0 unspecified atom stereocenters. The van der Waals surface area contributed by atoms with Gasteiger partial charge in [0.1, 0.15) is 0 Å². The summed E-state index contributed by atoms with van der Waals surface area (Å²) in [5, 5.41) is 2.71. The third-order valence-electron chi connectivity index (χ3n) is 4.71. The first kappa shape index (κ1) is 22.4. The average Bonchev–Trinajstić information content (AvgIpc) is 2.72. The van der Waals surface area contributed by atoms with Crippen molar-refractivity contribution in [3.8, 4) is 0 Å². The van der Waals surface area contributed by atoms with E-state index in [1.54, 1.807) is 0 Å². The van der Waals surface area contributed by atoms with E-state index in [-0.39, 0.29) is 23.0 Å². The molecule has 0 aliphatic carbocycles. The van der Waals surface area contributed by atoms with Crippen LogP contribution in [0.4, 0.5) is 0 Å². The van der Waals surface area contributed by atoms with Crippen molar-refractivity contribution in [3.05, 3.63) is 29.8 Å². The van der Waals surface area contributed by atoms with E-state index < -0.39 is 16.0 Å². The smallest absolute Gasteiger partial charge is 0.338 e. The van der Waals surface area contributed by atoms with Gasteiger partial charge in [-0.2, -0.15) is 4.31 Å². The number of nitrogens with one attached hydrogen (secondary N) is 1. The summed E-state index contributed by atoms with van der Waals surface area (Å²) in [6.07, 6.45) is 6.90. The average molecular weight is 411 g/mol. The Morgan fingerprint density at radius 1 is 1.11 bits per heavy atom. The number of hydrogen-bond donors (Lipinski definition) is 1. The molecule has 156 valence electrons. The highest BCUT2D eigenvalue weighted by Crippen LogP contribution is 2.21. The quantitative estimate of drug-likeness (QED) is 0.473. The number of amides is 1. The van der Waals surface area contributed by atoms with E-state index in [4.69, 9.17) is 4.74 Å². The number of unbranched alkanes of at least 4 members (excludes halogenated alkanes) is 3. The number of carbonyl (C=O) groups excluding carboxylic acids is 2. The van der Waals surface area contributed by atoms with Crippen LogP contribution in [0.2, 0.25) is 0 Å². The van der Waals surface area contributed by atoms with Crippen molar-refractivity contribution in [1.29, 1.82) is 0 Å². The molecule has 1 saturated heterocycles. The number of piperidine rings is 1. The van der Waals surface area contributed by atoms with Gasteiger partial charge >= 0.3 is 5.97 Å². The van der Waals surface area contributed by atoms with Crippen LogP contribution in [0.1, 0.15) is 62.2 Å². The zero-order valence-electron chi connectivity index (χ0n) is 16.5. The fourth-order valence-electron chi connectivity index (χ4n) is 3.08. The summed E-state index contributed by atoms with van der Waals surface area (Å²) < 4.78 is 31.9. The van der Waals surface area contributed by atoms with E-state index in [0.29, 0.717) is 19.6 Å². The van der Waals surface area contributed by atoms with Gasteiger partial charge in [-0.25, -0.2) is 13.2 Å². The predicted octanol–water partition coefficient (Wildman–Crippen LogP) is 2.71. The summed E-state index contributed by atoms with van der Waals surface area (Å²) >= 11 is 0. The summed E-state index contributed by atoms with van der Waals surface area (Å²) in [6.45, 7) is 3.28. The summed E-state index contributed by atoms with van der Waals surface area (Å²) in [5.41, 5.74) is 0.119. The van der Waals surface area contributed by atoms with E-state index >= 15 is 0 Å². The number of rotatable bonds is 10. The van der Waals surface area contributed by atoms with Crippen molar-refractivity contribution in [3.63, 3.8) is 0 Å². The number of nitrogens with zero attached hydrogens (tertiary/aromatic N) is 1. The van der Waals surface area contributed by atoms with Crippen LogP contribution >= 0.6 is 0 Å². The van der Waals surface area contributed by atoms with Crippen molar-refractivity contribution in [2.24, 2.45) is 0 Å². The molecular formula is C20H30N2O5S. The SMILES string of the molecule is CCCCCCNC(=O)COC(=O)c1cccc(S(=O)(=O)N2CCCCC2)c1. The van der Waals surface area contributed by atoms with Crippen molar-refractivity contribution in [2.45, 2.75) is 56.8 Å². The minimum atomic E-state index is -3.62. The Morgan fingerprint density at radius 2 is 1.86 bits per heavy atom. The van der Waals surface area contributed by atoms with E-state index in [2.05, 4.69) is 12.2 Å². The lowest BCUT2D eigenvalue weighted by molar-refractivity contribution is -0.124. The highest BCUT2D eigenvalue weighted by Gasteiger charge is 2.26. The summed E-state index contributed by atoms with van der Waals surface area (Å²) in [7, 11) is -3.62. The van der Waals surface area contributed by atoms with Crippen molar-refractivity contribution in [1.82, 2.24) is 9.62 Å². The molecule has 0 aromatic heterocycles. The molecule has 1 aromatic carbocycles. The fraction of sp³-hybridized carbons (Fsp3) is 0.600. The van der Waals surface area contributed by atoms with Crippen LogP contribution < -0.4 is 5.32 Å². The van der Waals surface area contributed by atoms with Gasteiger partial charge in [-0.3, -0.25) is 4.79 Å². The Balaban J connectivity index is 1.88. The van der Waals surface area contributed by atoms with Crippen LogP contribution in [-0.2, 0) is 19.6 Å². The number of benzene rings is 1. The molecule has 7 nitrogen and oxygen atoms in total. The Hall–Kier alpha value is -1.93. The van der Waals surface area contributed by atoms with Crippen molar-refractivity contribution in [2.75, 3.05) is 26.2 Å². The Kier molecular flexibility index (Phi) is 8.92. The third kappa shape index (κ3) is 6.60. The third-order valence-corrected chi connectivity index (χ3v) is 6.60. The highest BCUT2D eigenvalue weighted by atomic mass is 32.2. The Bertz CT molecular complexity index is 758. The first-order chi connectivity index (χ1) is 13.4. The summed E-state index contributed by atoms with van der Waals surface area (Å²) in [4.78, 5) is 24.0. The van der Waals surface area contributed by atoms with Crippen LogP contribution in [0.25, 0.3) is 0 Å². The zero-order valence-corrected chi connectivity index (χ0v) is 17.3. The molecule has 0 saturated carbocycles. The molecule has 1 fully saturated rings. The maximum absolute atomic E-state index is 12.7. The first-order valence-corrected chi connectivity index (χ1v) is 11.4. The topological polar surface area (TPSA) is 92.8 Å². The minimum absolute atomic E-state index is 0.0734. The van der Waals surface area contributed by atoms with E-state index in [0.717, 1.165) is 44.9 Å². The zero-order chi connectivity index (χ0) is 20.4. The molecular weight excluding hydrogens is 380 g/mol. The summed E-state index contributed by atoms with van der Waals surface area (Å²) in [6, 6.07) is 5.79. The molecule has 1 heterocycles. The van der Waals surface area contributed by atoms with Gasteiger partial charge in [0, 0.05) is 19.6 Å². The van der Waals surface area contributed by atoms with Gasteiger partial charge < -0.3 is 10.1 Å². The normalized spacial score (nSPS) is 15.2. The van der Waals surface area contributed by atoms with Gasteiger partial charge in [-0.15, -0.1) is 0 Å². The maximum atomic E-state index is 12.7. The standard InChI is InChI=1S/C20H30N2O5S/c1-2-3-4-6-12-21-19(23)16-27-20(24)17-10-9-11-18(15-17)28(25,26)22-13-7-5-8-14-22/h9-11,15H,2-8,12-14,16H2,1H3,(H,21,23). The largest absolute Gasteiger partial charge is 0.452 e. The van der Waals surface area contributed by atoms with E-state index in [1.165, 1.54) is 28.6 Å². The molecule has 28 heavy (non-hydrogen) atoms. The molecule has 1 N–H and O–H groups in total. The molecule has 1 aromatic rings. The lowest BCUT2D eigenvalue weighted by atomic mass is 10.2. The molecule has 0 atom stereocenters. The molecule has 1 amide bonds. The minimum Gasteiger partial charge on any atom is -0.452 e.